The summed E-state index contributed by atoms with van der Waals surface area (Å²) in [5.74, 6) is -0.357. The van der Waals surface area contributed by atoms with Crippen LogP contribution < -0.4 is 14.4 Å². The zero-order valence-electron chi connectivity index (χ0n) is 20.2. The van der Waals surface area contributed by atoms with Crippen molar-refractivity contribution in [2.75, 3.05) is 19.1 Å². The summed E-state index contributed by atoms with van der Waals surface area (Å²) >= 11 is 0. The van der Waals surface area contributed by atoms with Crippen molar-refractivity contribution >= 4 is 29.1 Å². The minimum atomic E-state index is -1.52. The minimum Gasteiger partial charge on any atom is -0.497 e. The van der Waals surface area contributed by atoms with Crippen molar-refractivity contribution < 1.29 is 23.9 Å². The molecule has 1 saturated heterocycles. The molecule has 3 atom stereocenters. The average Bonchev–Trinajstić information content (AvgIpc) is 3.35. The molecule has 0 aromatic heterocycles. The van der Waals surface area contributed by atoms with Gasteiger partial charge >= 0.3 is 0 Å². The average molecular weight is 480 g/mol. The first-order chi connectivity index (χ1) is 17.4. The van der Waals surface area contributed by atoms with Crippen LogP contribution in [0.25, 0.3) is 6.08 Å². The molecular formula is C30H25NO5. The monoisotopic (exact) mass is 479 g/mol. The van der Waals surface area contributed by atoms with Crippen molar-refractivity contribution in [2.24, 2.45) is 5.41 Å². The second-order valence-electron chi connectivity index (χ2n) is 9.48. The Bertz CT molecular complexity index is 1440. The van der Waals surface area contributed by atoms with Gasteiger partial charge in [-0.1, -0.05) is 60.7 Å². The van der Waals surface area contributed by atoms with E-state index in [0.29, 0.717) is 28.2 Å². The van der Waals surface area contributed by atoms with Gasteiger partial charge in [0.2, 0.25) is 0 Å². The lowest BCUT2D eigenvalue weighted by Gasteiger charge is -2.37. The van der Waals surface area contributed by atoms with E-state index < -0.39 is 23.4 Å². The van der Waals surface area contributed by atoms with E-state index >= 15 is 0 Å². The molecule has 0 bridgehead atoms. The van der Waals surface area contributed by atoms with E-state index in [9.17, 15) is 14.4 Å². The number of carbonyl (C=O) groups is 3. The molecule has 36 heavy (non-hydrogen) atoms. The van der Waals surface area contributed by atoms with Gasteiger partial charge in [0.15, 0.2) is 17.3 Å². The van der Waals surface area contributed by atoms with Crippen molar-refractivity contribution in [3.8, 4) is 11.5 Å². The second-order valence-corrected chi connectivity index (χ2v) is 9.48. The highest BCUT2D eigenvalue weighted by Crippen LogP contribution is 2.61. The van der Waals surface area contributed by atoms with Crippen LogP contribution in [0.15, 0.2) is 72.8 Å². The molecule has 0 unspecified atom stereocenters. The number of nitrogens with zero attached hydrogens (tertiary/aromatic N) is 1. The summed E-state index contributed by atoms with van der Waals surface area (Å²) in [6.07, 6.45) is 3.86. The summed E-state index contributed by atoms with van der Waals surface area (Å²) in [5.41, 5.74) is 1.68. The van der Waals surface area contributed by atoms with E-state index in [1.807, 2.05) is 47.4 Å². The van der Waals surface area contributed by atoms with Crippen molar-refractivity contribution in [1.82, 2.24) is 0 Å². The third kappa shape index (κ3) is 2.70. The van der Waals surface area contributed by atoms with Gasteiger partial charge in [-0.05, 0) is 24.6 Å². The van der Waals surface area contributed by atoms with Gasteiger partial charge in [-0.3, -0.25) is 14.4 Å². The number of ether oxygens (including phenoxy) is 2. The highest BCUT2D eigenvalue weighted by atomic mass is 16.5. The lowest BCUT2D eigenvalue weighted by Crippen LogP contribution is -2.48. The summed E-state index contributed by atoms with van der Waals surface area (Å²) in [5, 5.41) is 0. The van der Waals surface area contributed by atoms with Gasteiger partial charge in [0.1, 0.15) is 16.9 Å². The fourth-order valence-corrected chi connectivity index (χ4v) is 6.49. The van der Waals surface area contributed by atoms with Crippen molar-refractivity contribution in [2.45, 2.75) is 24.9 Å². The van der Waals surface area contributed by atoms with Gasteiger partial charge < -0.3 is 14.4 Å². The summed E-state index contributed by atoms with van der Waals surface area (Å²) < 4.78 is 11.1. The van der Waals surface area contributed by atoms with Gasteiger partial charge in [-0.2, -0.15) is 0 Å². The zero-order valence-corrected chi connectivity index (χ0v) is 20.2. The maximum absolute atomic E-state index is 14.4. The molecular weight excluding hydrogens is 454 g/mol. The predicted molar refractivity (Wildman–Crippen MR) is 136 cm³/mol. The third-order valence-electron chi connectivity index (χ3n) is 7.91. The molecule has 1 aliphatic carbocycles. The van der Waals surface area contributed by atoms with Gasteiger partial charge in [0.05, 0.1) is 26.3 Å². The third-order valence-corrected chi connectivity index (χ3v) is 7.91. The van der Waals surface area contributed by atoms with Crippen molar-refractivity contribution in [1.29, 1.82) is 0 Å². The fraction of sp³-hybridized carbons (Fsp3) is 0.233. The molecule has 6 heteroatoms. The van der Waals surface area contributed by atoms with Crippen LogP contribution in [-0.2, 0) is 4.79 Å². The Morgan fingerprint density at radius 2 is 1.56 bits per heavy atom. The molecule has 0 saturated carbocycles. The molecule has 6 nitrogen and oxygen atoms in total. The number of methoxy groups -OCH3 is 2. The number of anilines is 1. The highest BCUT2D eigenvalue weighted by molar-refractivity contribution is 6.32. The van der Waals surface area contributed by atoms with E-state index in [2.05, 4.69) is 0 Å². The Morgan fingerprint density at radius 1 is 0.889 bits per heavy atom. The van der Waals surface area contributed by atoms with Crippen LogP contribution in [0.3, 0.4) is 0 Å². The highest BCUT2D eigenvalue weighted by Gasteiger charge is 2.71. The number of ketones is 3. The van der Waals surface area contributed by atoms with Gasteiger partial charge in [0, 0.05) is 34.4 Å². The minimum absolute atomic E-state index is 0.124. The number of carbonyl (C=O) groups excluding carboxylic acids is 3. The lowest BCUT2D eigenvalue weighted by molar-refractivity contribution is -0.118. The van der Waals surface area contributed by atoms with Crippen molar-refractivity contribution in [3.05, 3.63) is 95.1 Å². The first kappa shape index (κ1) is 22.3. The number of benzene rings is 3. The molecule has 0 N–H and O–H groups in total. The fourth-order valence-electron chi connectivity index (χ4n) is 6.49. The van der Waals surface area contributed by atoms with E-state index in [0.717, 1.165) is 11.3 Å². The SMILES string of the molecule is COc1ccc([C@H]2[C@@H](C(C)=O)N3c4ccccc4C=C[C@@H]3C23C(=O)c2ccccc2C3=O)c(OC)c1. The number of hydrogen-bond donors (Lipinski definition) is 0. The molecule has 2 aliphatic heterocycles. The van der Waals surface area contributed by atoms with Crippen LogP contribution >= 0.6 is 0 Å². The smallest absolute Gasteiger partial charge is 0.180 e. The number of para-hydroxylation sites is 1. The van der Waals surface area contributed by atoms with Gasteiger partial charge in [-0.15, -0.1) is 0 Å². The van der Waals surface area contributed by atoms with Crippen molar-refractivity contribution in [3.63, 3.8) is 0 Å². The molecule has 3 aliphatic rings. The quantitative estimate of drug-likeness (QED) is 0.504. The van der Waals surface area contributed by atoms with Crippen LogP contribution in [0, 0.1) is 5.41 Å². The Balaban J connectivity index is 1.70. The van der Waals surface area contributed by atoms with Crippen LogP contribution in [0.2, 0.25) is 0 Å². The Hall–Kier alpha value is -4.19. The van der Waals surface area contributed by atoms with E-state index in [1.165, 1.54) is 14.0 Å². The van der Waals surface area contributed by atoms with E-state index in [1.54, 1.807) is 43.5 Å². The maximum atomic E-state index is 14.4. The Kier molecular flexibility index (Phi) is 4.90. The summed E-state index contributed by atoms with van der Waals surface area (Å²) in [6, 6.07) is 18.7. The molecule has 2 heterocycles. The Labute approximate surface area is 209 Å². The lowest BCUT2D eigenvalue weighted by atomic mass is 9.64. The van der Waals surface area contributed by atoms with Crippen LogP contribution in [0.1, 0.15) is 44.7 Å². The molecule has 0 amide bonds. The largest absolute Gasteiger partial charge is 0.497 e. The molecule has 3 aromatic rings. The molecule has 0 radical (unpaired) electrons. The molecule has 1 spiro atoms. The van der Waals surface area contributed by atoms with Crippen LogP contribution in [0.5, 0.6) is 11.5 Å². The maximum Gasteiger partial charge on any atom is 0.180 e. The van der Waals surface area contributed by atoms with Gasteiger partial charge in [-0.25, -0.2) is 0 Å². The molecule has 6 rings (SSSR count). The summed E-state index contributed by atoms with van der Waals surface area (Å²) in [7, 11) is 3.10. The molecule has 1 fully saturated rings. The van der Waals surface area contributed by atoms with E-state index in [4.69, 9.17) is 9.47 Å². The number of rotatable bonds is 4. The normalized spacial score (nSPS) is 22.9. The van der Waals surface area contributed by atoms with E-state index in [-0.39, 0.29) is 17.3 Å². The zero-order chi connectivity index (χ0) is 25.2. The molecule has 3 aromatic carbocycles. The first-order valence-corrected chi connectivity index (χ1v) is 11.9. The standard InChI is InChI=1S/C30H25NO5/c1-17(32)27-26(22-14-13-19(35-2)16-24(22)36-3)30(28(33)20-9-5-6-10-21(20)29(30)34)25-15-12-18-8-4-7-11-23(18)31(25)27/h4-16,25-27H,1-3H3/t25-,26+,27-/m1/s1. The number of hydrogen-bond acceptors (Lipinski definition) is 6. The predicted octanol–water partition coefficient (Wildman–Crippen LogP) is 4.73. The van der Waals surface area contributed by atoms with Gasteiger partial charge in [0.25, 0.3) is 0 Å². The first-order valence-electron chi connectivity index (χ1n) is 11.9. The Morgan fingerprint density at radius 3 is 2.19 bits per heavy atom. The number of fused-ring (bicyclic) bond motifs is 5. The second kappa shape index (κ2) is 7.92. The van der Waals surface area contributed by atoms with Crippen LogP contribution in [-0.4, -0.2) is 43.7 Å². The topological polar surface area (TPSA) is 72.9 Å². The number of Topliss-reactive ketones (excluding diaryl/α,β-unsaturated/α-hetero) is 3. The summed E-state index contributed by atoms with van der Waals surface area (Å²) in [4.78, 5) is 44.3. The van der Waals surface area contributed by atoms with Crippen LogP contribution in [0.4, 0.5) is 5.69 Å². The molecule has 180 valence electrons. The summed E-state index contributed by atoms with van der Waals surface area (Å²) in [6.45, 7) is 1.53.